The Hall–Kier alpha value is -2.29. The molecule has 3 rings (SSSR count). The molecule has 0 saturated heterocycles. The molecule has 1 atom stereocenters. The molecule has 1 heterocycles. The highest BCUT2D eigenvalue weighted by molar-refractivity contribution is 5.97. The summed E-state index contributed by atoms with van der Waals surface area (Å²) in [5, 5.41) is 0. The zero-order valence-corrected chi connectivity index (χ0v) is 14.0. The Morgan fingerprint density at radius 2 is 1.96 bits per heavy atom. The predicted molar refractivity (Wildman–Crippen MR) is 93.1 cm³/mol. The fraction of sp³-hybridized carbons (Fsp3) is 0.350. The number of carbonyl (C=O) groups is 1. The highest BCUT2D eigenvalue weighted by Crippen LogP contribution is 2.28. The summed E-state index contributed by atoms with van der Waals surface area (Å²) >= 11 is 0. The first-order valence-electron chi connectivity index (χ1n) is 8.19. The summed E-state index contributed by atoms with van der Waals surface area (Å²) in [5.41, 5.74) is 4.52. The van der Waals surface area contributed by atoms with Crippen LogP contribution in [0.25, 0.3) is 0 Å². The Morgan fingerprint density at radius 1 is 1.17 bits per heavy atom. The van der Waals surface area contributed by atoms with Crippen molar-refractivity contribution >= 4 is 11.6 Å². The number of carbonyl (C=O) groups excluding carboxylic acids is 1. The van der Waals surface area contributed by atoms with Gasteiger partial charge in [0, 0.05) is 12.2 Å². The summed E-state index contributed by atoms with van der Waals surface area (Å²) in [6.45, 7) is 6.65. The lowest BCUT2D eigenvalue weighted by atomic mass is 10.0. The van der Waals surface area contributed by atoms with E-state index in [1.807, 2.05) is 49.1 Å². The van der Waals surface area contributed by atoms with Crippen molar-refractivity contribution in [1.29, 1.82) is 0 Å². The summed E-state index contributed by atoms with van der Waals surface area (Å²) in [5.74, 6) is 0.805. The lowest BCUT2D eigenvalue weighted by Crippen LogP contribution is -2.43. The number of rotatable bonds is 3. The molecule has 0 fully saturated rings. The number of hydrogen-bond donors (Lipinski definition) is 0. The van der Waals surface area contributed by atoms with E-state index in [2.05, 4.69) is 19.1 Å². The van der Waals surface area contributed by atoms with Gasteiger partial charge in [0.2, 0.25) is 0 Å². The van der Waals surface area contributed by atoms with Gasteiger partial charge in [0.25, 0.3) is 5.91 Å². The van der Waals surface area contributed by atoms with Crippen LogP contribution in [0, 0.1) is 13.8 Å². The number of hydrogen-bond acceptors (Lipinski definition) is 2. The molecule has 0 bridgehead atoms. The minimum atomic E-state index is -0.498. The van der Waals surface area contributed by atoms with Crippen molar-refractivity contribution in [1.82, 2.24) is 0 Å². The Labute approximate surface area is 137 Å². The van der Waals surface area contributed by atoms with Gasteiger partial charge in [-0.2, -0.15) is 0 Å². The minimum absolute atomic E-state index is 0.0251. The predicted octanol–water partition coefficient (Wildman–Crippen LogP) is 4.05. The molecule has 1 amide bonds. The average molecular weight is 309 g/mol. The van der Waals surface area contributed by atoms with Gasteiger partial charge in [-0.05, 0) is 56.9 Å². The maximum Gasteiger partial charge on any atom is 0.267 e. The van der Waals surface area contributed by atoms with E-state index in [1.54, 1.807) is 0 Å². The van der Waals surface area contributed by atoms with Gasteiger partial charge in [-0.25, -0.2) is 0 Å². The van der Waals surface area contributed by atoms with E-state index in [0.29, 0.717) is 0 Å². The number of nitrogens with zero attached hydrogens (tertiary/aromatic N) is 1. The molecule has 1 aliphatic rings. The number of amides is 1. The Kier molecular flexibility index (Phi) is 4.37. The first kappa shape index (κ1) is 15.6. The van der Waals surface area contributed by atoms with Crippen LogP contribution in [0.4, 0.5) is 5.69 Å². The molecule has 23 heavy (non-hydrogen) atoms. The van der Waals surface area contributed by atoms with Crippen LogP contribution in [0.3, 0.4) is 0 Å². The zero-order valence-electron chi connectivity index (χ0n) is 14.0. The van der Waals surface area contributed by atoms with Crippen LogP contribution in [0.1, 0.15) is 30.0 Å². The molecule has 0 N–H and O–H groups in total. The van der Waals surface area contributed by atoms with E-state index in [0.717, 1.165) is 36.4 Å². The molecule has 1 aliphatic heterocycles. The molecule has 120 valence electrons. The van der Waals surface area contributed by atoms with Crippen molar-refractivity contribution in [3.05, 3.63) is 59.2 Å². The molecule has 2 aromatic carbocycles. The third kappa shape index (κ3) is 3.24. The minimum Gasteiger partial charge on any atom is -0.481 e. The van der Waals surface area contributed by atoms with E-state index in [1.165, 1.54) is 11.1 Å². The first-order valence-corrected chi connectivity index (χ1v) is 8.19. The van der Waals surface area contributed by atoms with Crippen LogP contribution >= 0.6 is 0 Å². The van der Waals surface area contributed by atoms with Crippen LogP contribution in [0.2, 0.25) is 0 Å². The Balaban J connectivity index is 1.78. The van der Waals surface area contributed by atoms with Crippen molar-refractivity contribution in [2.75, 3.05) is 11.4 Å². The average Bonchev–Trinajstić information content (AvgIpc) is 2.56. The van der Waals surface area contributed by atoms with Gasteiger partial charge in [-0.1, -0.05) is 35.9 Å². The molecule has 2 aromatic rings. The van der Waals surface area contributed by atoms with Gasteiger partial charge in [-0.3, -0.25) is 4.79 Å². The molecule has 0 radical (unpaired) electrons. The Morgan fingerprint density at radius 3 is 2.74 bits per heavy atom. The maximum absolute atomic E-state index is 12.8. The van der Waals surface area contributed by atoms with Gasteiger partial charge in [0.05, 0.1) is 0 Å². The summed E-state index contributed by atoms with van der Waals surface area (Å²) in [7, 11) is 0. The molecule has 3 heteroatoms. The van der Waals surface area contributed by atoms with Crippen molar-refractivity contribution in [3.8, 4) is 5.75 Å². The zero-order chi connectivity index (χ0) is 16.4. The van der Waals surface area contributed by atoms with Crippen LogP contribution in [-0.4, -0.2) is 18.6 Å². The van der Waals surface area contributed by atoms with Crippen LogP contribution in [0.15, 0.2) is 42.5 Å². The van der Waals surface area contributed by atoms with Crippen molar-refractivity contribution < 1.29 is 9.53 Å². The number of para-hydroxylation sites is 1. The highest BCUT2D eigenvalue weighted by Gasteiger charge is 2.27. The number of ether oxygens (including phenoxy) is 1. The second-order valence-corrected chi connectivity index (χ2v) is 6.25. The number of fused-ring (bicyclic) bond motifs is 1. The molecule has 0 aliphatic carbocycles. The van der Waals surface area contributed by atoms with Gasteiger partial charge in [-0.15, -0.1) is 0 Å². The monoisotopic (exact) mass is 309 g/mol. The lowest BCUT2D eigenvalue weighted by molar-refractivity contribution is -0.124. The van der Waals surface area contributed by atoms with Gasteiger partial charge >= 0.3 is 0 Å². The number of anilines is 1. The van der Waals surface area contributed by atoms with Crippen LogP contribution in [-0.2, 0) is 11.2 Å². The van der Waals surface area contributed by atoms with Gasteiger partial charge < -0.3 is 9.64 Å². The second-order valence-electron chi connectivity index (χ2n) is 6.25. The summed E-state index contributed by atoms with van der Waals surface area (Å²) in [4.78, 5) is 14.7. The van der Waals surface area contributed by atoms with E-state index in [-0.39, 0.29) is 5.91 Å². The largest absolute Gasteiger partial charge is 0.481 e. The SMILES string of the molecule is Cc1ccc(O[C@H](C)C(=O)N2CCCc3ccccc32)c(C)c1. The van der Waals surface area contributed by atoms with Crippen LogP contribution in [0.5, 0.6) is 5.75 Å². The molecular weight excluding hydrogens is 286 g/mol. The standard InChI is InChI=1S/C20H23NO2/c1-14-10-11-19(15(2)13-14)23-16(3)20(22)21-12-6-8-17-7-4-5-9-18(17)21/h4-5,7,9-11,13,16H,6,8,12H2,1-3H3/t16-/m1/s1. The second kappa shape index (κ2) is 6.45. The summed E-state index contributed by atoms with van der Waals surface area (Å²) in [6.07, 6.45) is 1.54. The van der Waals surface area contributed by atoms with E-state index < -0.39 is 6.10 Å². The van der Waals surface area contributed by atoms with Crippen molar-refractivity contribution in [2.45, 2.75) is 39.7 Å². The molecule has 0 unspecified atom stereocenters. The smallest absolute Gasteiger partial charge is 0.267 e. The van der Waals surface area contributed by atoms with E-state index in [4.69, 9.17) is 4.74 Å². The highest BCUT2D eigenvalue weighted by atomic mass is 16.5. The first-order chi connectivity index (χ1) is 11.1. The van der Waals surface area contributed by atoms with Crippen molar-refractivity contribution in [3.63, 3.8) is 0 Å². The maximum atomic E-state index is 12.8. The molecule has 0 aromatic heterocycles. The number of benzene rings is 2. The van der Waals surface area contributed by atoms with E-state index >= 15 is 0 Å². The quantitative estimate of drug-likeness (QED) is 0.856. The topological polar surface area (TPSA) is 29.5 Å². The van der Waals surface area contributed by atoms with Gasteiger partial charge in [0.1, 0.15) is 5.75 Å². The van der Waals surface area contributed by atoms with Crippen LogP contribution < -0.4 is 9.64 Å². The lowest BCUT2D eigenvalue weighted by Gasteiger charge is -2.31. The van der Waals surface area contributed by atoms with Crippen molar-refractivity contribution in [2.24, 2.45) is 0 Å². The summed E-state index contributed by atoms with van der Waals surface area (Å²) in [6, 6.07) is 14.2. The third-order valence-corrected chi connectivity index (χ3v) is 4.36. The Bertz CT molecular complexity index is 723. The normalized spacial score (nSPS) is 15.0. The summed E-state index contributed by atoms with van der Waals surface area (Å²) < 4.78 is 5.94. The molecular formula is C20H23NO2. The van der Waals surface area contributed by atoms with Gasteiger partial charge in [0.15, 0.2) is 6.10 Å². The molecule has 3 nitrogen and oxygen atoms in total. The fourth-order valence-corrected chi connectivity index (χ4v) is 3.15. The number of aryl methyl sites for hydroxylation is 3. The molecule has 0 saturated carbocycles. The third-order valence-electron chi connectivity index (χ3n) is 4.36. The van der Waals surface area contributed by atoms with E-state index in [9.17, 15) is 4.79 Å². The fourth-order valence-electron chi connectivity index (χ4n) is 3.15. The molecule has 0 spiro atoms.